The number of carbonyl (C=O) groups excluding carboxylic acids is 2. The lowest BCUT2D eigenvalue weighted by Crippen LogP contribution is -2.54. The van der Waals surface area contributed by atoms with Crippen LogP contribution in [0.2, 0.25) is 0 Å². The number of morpholine rings is 1. The number of carbonyl (C=O) groups is 2. The number of hydrogen-bond donors (Lipinski definition) is 1. The molecule has 2 aromatic carbocycles. The van der Waals surface area contributed by atoms with Gasteiger partial charge in [-0.2, -0.15) is 0 Å². The second kappa shape index (κ2) is 13.4. The predicted octanol–water partition coefficient (Wildman–Crippen LogP) is 3.45. The third-order valence-corrected chi connectivity index (χ3v) is 8.91. The molecule has 4 heterocycles. The van der Waals surface area contributed by atoms with Crippen molar-refractivity contribution in [1.29, 1.82) is 0 Å². The number of rotatable bonds is 8. The van der Waals surface area contributed by atoms with E-state index in [1.54, 1.807) is 24.3 Å². The summed E-state index contributed by atoms with van der Waals surface area (Å²) in [6.45, 7) is 2.28. The largest absolute Gasteiger partial charge is 0.467 e. The summed E-state index contributed by atoms with van der Waals surface area (Å²) in [5.74, 6) is -5.82. The smallest absolute Gasteiger partial charge is 0.335 e. The number of pyridine rings is 2. The molecule has 12 nitrogen and oxygen atoms in total. The first kappa shape index (κ1) is 34.3. The van der Waals surface area contributed by atoms with E-state index in [0.29, 0.717) is 16.5 Å². The second-order valence-electron chi connectivity index (χ2n) is 12.1. The van der Waals surface area contributed by atoms with E-state index in [0.717, 1.165) is 24.7 Å². The van der Waals surface area contributed by atoms with Gasteiger partial charge in [0, 0.05) is 56.6 Å². The number of esters is 1. The molecular weight excluding hydrogens is 657 g/mol. The molecule has 1 aliphatic rings. The average Bonchev–Trinajstić information content (AvgIpc) is 3.10. The minimum Gasteiger partial charge on any atom is -0.467 e. The van der Waals surface area contributed by atoms with Gasteiger partial charge in [-0.1, -0.05) is 12.1 Å². The number of nitrogens with one attached hydrogen (secondary N) is 1. The number of ether oxygens (including phenoxy) is 2. The normalized spacial score (nSPS) is 15.7. The van der Waals surface area contributed by atoms with Gasteiger partial charge in [-0.3, -0.25) is 24.1 Å². The Kier molecular flexibility index (Phi) is 9.18. The molecule has 1 aliphatic heterocycles. The van der Waals surface area contributed by atoms with Crippen molar-refractivity contribution < 1.29 is 32.2 Å². The first-order chi connectivity index (χ1) is 23.8. The monoisotopic (exact) mass is 690 g/mol. The Morgan fingerprint density at radius 1 is 1.14 bits per heavy atom. The number of hydrogen-bond acceptors (Lipinski definition) is 9. The van der Waals surface area contributed by atoms with E-state index in [-0.39, 0.29) is 59.6 Å². The predicted molar refractivity (Wildman–Crippen MR) is 179 cm³/mol. The molecular formula is C35H33F3N6O6. The first-order valence-corrected chi connectivity index (χ1v) is 15.7. The van der Waals surface area contributed by atoms with Crippen LogP contribution in [0.15, 0.2) is 70.6 Å². The van der Waals surface area contributed by atoms with Crippen molar-refractivity contribution in [1.82, 2.24) is 24.4 Å². The van der Waals surface area contributed by atoms with E-state index < -0.39 is 46.9 Å². The summed E-state index contributed by atoms with van der Waals surface area (Å²) in [5, 5.41) is 3.26. The van der Waals surface area contributed by atoms with Crippen molar-refractivity contribution in [2.24, 2.45) is 7.05 Å². The van der Waals surface area contributed by atoms with Gasteiger partial charge in [0.05, 0.1) is 48.0 Å². The van der Waals surface area contributed by atoms with Gasteiger partial charge in [0.2, 0.25) is 0 Å². The average molecular weight is 691 g/mol. The maximum atomic E-state index is 15.6. The molecule has 5 aromatic rings. The Labute approximate surface area is 283 Å². The molecule has 0 bridgehead atoms. The molecule has 2 atom stereocenters. The highest BCUT2D eigenvalue weighted by Crippen LogP contribution is 2.32. The molecule has 1 amide bonds. The summed E-state index contributed by atoms with van der Waals surface area (Å²) in [6, 6.07) is 7.86. The highest BCUT2D eigenvalue weighted by atomic mass is 19.3. The quantitative estimate of drug-likeness (QED) is 0.243. The van der Waals surface area contributed by atoms with E-state index in [1.807, 2.05) is 0 Å². The first-order valence-electron chi connectivity index (χ1n) is 15.7. The summed E-state index contributed by atoms with van der Waals surface area (Å²) in [6.07, 6.45) is 4.22. The van der Waals surface area contributed by atoms with Gasteiger partial charge in [-0.15, -0.1) is 0 Å². The lowest BCUT2D eigenvalue weighted by molar-refractivity contribution is -0.142. The fourth-order valence-electron chi connectivity index (χ4n) is 6.39. The zero-order valence-electron chi connectivity index (χ0n) is 27.6. The van der Waals surface area contributed by atoms with Gasteiger partial charge in [0.1, 0.15) is 17.9 Å². The molecule has 0 radical (unpaired) electrons. The van der Waals surface area contributed by atoms with Crippen LogP contribution in [0.4, 0.5) is 18.9 Å². The van der Waals surface area contributed by atoms with Crippen molar-refractivity contribution in [2.45, 2.75) is 38.3 Å². The molecule has 3 aromatic heterocycles. The van der Waals surface area contributed by atoms with Gasteiger partial charge in [0.25, 0.3) is 17.4 Å². The number of fused-ring (bicyclic) bond motifs is 2. The number of nitrogens with zero attached hydrogens (tertiary/aromatic N) is 5. The van der Waals surface area contributed by atoms with Gasteiger partial charge < -0.3 is 19.7 Å². The Balaban J connectivity index is 1.34. The number of alkyl halides is 2. The maximum Gasteiger partial charge on any atom is 0.335 e. The standard InChI is InChI=1S/C35H33F3N6O6/c1-19-14-21(43-12-13-50-18-28(43)35(2,37)38)16-24(36)29(19)31(45)41-25(33(47)49-4)15-20-7-8-27(30-22(20)6-5-10-40-30)44-32(46)23-17-39-11-9-26(23)42(3)34(44)48/h5-11,14,16-17,25,28H,12-13,15,18H2,1-4H3,(H,41,45)/t25-,28+/m0/s1. The molecule has 1 saturated heterocycles. The molecule has 15 heteroatoms. The van der Waals surface area contributed by atoms with E-state index in [9.17, 15) is 28.0 Å². The lowest BCUT2D eigenvalue weighted by Gasteiger charge is -2.40. The Morgan fingerprint density at radius 2 is 1.92 bits per heavy atom. The number of amides is 1. The van der Waals surface area contributed by atoms with E-state index in [1.165, 1.54) is 54.2 Å². The van der Waals surface area contributed by atoms with Crippen molar-refractivity contribution >= 4 is 39.4 Å². The number of aromatic nitrogens is 4. The Hall–Kier alpha value is -5.57. The third kappa shape index (κ3) is 6.19. The highest BCUT2D eigenvalue weighted by Gasteiger charge is 2.41. The fraction of sp³-hybridized carbons (Fsp3) is 0.314. The van der Waals surface area contributed by atoms with Crippen LogP contribution >= 0.6 is 0 Å². The van der Waals surface area contributed by atoms with Crippen molar-refractivity contribution in [2.75, 3.05) is 31.8 Å². The summed E-state index contributed by atoms with van der Waals surface area (Å²) in [5.41, 5.74) is 0.166. The number of benzene rings is 2. The fourth-order valence-corrected chi connectivity index (χ4v) is 6.39. The Morgan fingerprint density at radius 3 is 2.64 bits per heavy atom. The van der Waals surface area contributed by atoms with E-state index in [4.69, 9.17) is 9.47 Å². The SMILES string of the molecule is COC(=O)[C@H](Cc1ccc(-n2c(=O)c3cnccc3n(C)c2=O)c2ncccc12)NC(=O)c1c(C)cc(N2CCOC[C@@H]2C(C)(F)F)cc1F. The minimum absolute atomic E-state index is 0.103. The summed E-state index contributed by atoms with van der Waals surface area (Å²) in [7, 11) is 2.68. The van der Waals surface area contributed by atoms with Crippen LogP contribution in [0.5, 0.6) is 0 Å². The molecule has 1 fully saturated rings. The lowest BCUT2D eigenvalue weighted by atomic mass is 9.99. The van der Waals surface area contributed by atoms with Gasteiger partial charge >= 0.3 is 11.7 Å². The van der Waals surface area contributed by atoms with Crippen molar-refractivity contribution in [3.05, 3.63) is 104 Å². The molecule has 0 spiro atoms. The van der Waals surface area contributed by atoms with Crippen molar-refractivity contribution in [3.63, 3.8) is 0 Å². The van der Waals surface area contributed by atoms with Crippen LogP contribution in [-0.2, 0) is 27.7 Å². The number of anilines is 1. The number of methoxy groups -OCH3 is 1. The summed E-state index contributed by atoms with van der Waals surface area (Å²) < 4.78 is 56.8. The van der Waals surface area contributed by atoms with Gasteiger partial charge in [-0.05, 0) is 48.4 Å². The van der Waals surface area contributed by atoms with Gasteiger partial charge in [-0.25, -0.2) is 27.3 Å². The zero-order chi connectivity index (χ0) is 35.9. The van der Waals surface area contributed by atoms with Gasteiger partial charge in [0.15, 0.2) is 0 Å². The van der Waals surface area contributed by atoms with Crippen LogP contribution in [-0.4, -0.2) is 75.9 Å². The molecule has 0 aliphatic carbocycles. The topological polar surface area (TPSA) is 138 Å². The molecule has 1 N–H and O–H groups in total. The molecule has 0 saturated carbocycles. The summed E-state index contributed by atoms with van der Waals surface area (Å²) >= 11 is 0. The van der Waals surface area contributed by atoms with Crippen LogP contribution < -0.4 is 21.5 Å². The molecule has 6 rings (SSSR count). The van der Waals surface area contributed by atoms with Crippen molar-refractivity contribution in [3.8, 4) is 5.69 Å². The molecule has 260 valence electrons. The summed E-state index contributed by atoms with van der Waals surface area (Å²) in [4.78, 5) is 63.3. The van der Waals surface area contributed by atoms with Crippen LogP contribution in [0.1, 0.15) is 28.4 Å². The molecule has 50 heavy (non-hydrogen) atoms. The number of halogens is 3. The van der Waals surface area contributed by atoms with E-state index >= 15 is 4.39 Å². The molecule has 0 unspecified atom stereocenters. The van der Waals surface area contributed by atoms with Crippen LogP contribution in [0.3, 0.4) is 0 Å². The highest BCUT2D eigenvalue weighted by molar-refractivity contribution is 5.99. The van der Waals surface area contributed by atoms with Crippen LogP contribution in [0, 0.1) is 12.7 Å². The zero-order valence-corrected chi connectivity index (χ0v) is 27.6. The number of aryl methyl sites for hydroxylation is 2. The van der Waals surface area contributed by atoms with Crippen LogP contribution in [0.25, 0.3) is 27.5 Å². The minimum atomic E-state index is -3.13. The second-order valence-corrected chi connectivity index (χ2v) is 12.1. The maximum absolute atomic E-state index is 15.6. The third-order valence-electron chi connectivity index (χ3n) is 8.91. The van der Waals surface area contributed by atoms with E-state index in [2.05, 4.69) is 15.3 Å². The Bertz CT molecular complexity index is 2240.